The quantitative estimate of drug-likeness (QED) is 0.608. The Kier molecular flexibility index (Phi) is 5.90. The number of benzene rings is 3. The highest BCUT2D eigenvalue weighted by atomic mass is 15.3. The van der Waals surface area contributed by atoms with Crippen molar-refractivity contribution in [1.82, 2.24) is 9.80 Å². The smallest absolute Gasteiger partial charge is 0.0602 e. The molecule has 28 heavy (non-hydrogen) atoms. The fourth-order valence-corrected chi connectivity index (χ4v) is 4.25. The molecular weight excluding hydrogens is 340 g/mol. The lowest BCUT2D eigenvalue weighted by Gasteiger charge is -2.40. The molecule has 1 saturated heterocycles. The minimum absolute atomic E-state index is 0.336. The third kappa shape index (κ3) is 4.52. The lowest BCUT2D eigenvalue weighted by molar-refractivity contribution is 0.105. The molecule has 3 aromatic carbocycles. The van der Waals surface area contributed by atoms with Crippen molar-refractivity contribution < 1.29 is 0 Å². The molecule has 2 heteroatoms. The minimum Gasteiger partial charge on any atom is -0.297 e. The van der Waals surface area contributed by atoms with Gasteiger partial charge in [0, 0.05) is 32.7 Å². The fraction of sp³-hybridized carbons (Fsp3) is 0.308. The van der Waals surface area contributed by atoms with E-state index in [2.05, 4.69) is 103 Å². The normalized spacial score (nSPS) is 16.8. The van der Waals surface area contributed by atoms with Gasteiger partial charge in [-0.1, -0.05) is 90.0 Å². The molecule has 1 fully saturated rings. The summed E-state index contributed by atoms with van der Waals surface area (Å²) in [6, 6.07) is 29.3. The van der Waals surface area contributed by atoms with E-state index in [9.17, 15) is 0 Å². The summed E-state index contributed by atoms with van der Waals surface area (Å²) in [6.07, 6.45) is 0. The van der Waals surface area contributed by atoms with Gasteiger partial charge in [0.05, 0.1) is 6.04 Å². The Morgan fingerprint density at radius 1 is 0.679 bits per heavy atom. The van der Waals surface area contributed by atoms with E-state index in [4.69, 9.17) is 0 Å². The van der Waals surface area contributed by atoms with E-state index in [0.29, 0.717) is 6.04 Å². The Morgan fingerprint density at radius 3 is 2.04 bits per heavy atom. The first kappa shape index (κ1) is 18.9. The van der Waals surface area contributed by atoms with Crippen molar-refractivity contribution in [3.8, 4) is 0 Å². The van der Waals surface area contributed by atoms with Gasteiger partial charge in [0.15, 0.2) is 0 Å². The molecule has 0 amide bonds. The molecule has 1 aliphatic rings. The van der Waals surface area contributed by atoms with Gasteiger partial charge in [-0.05, 0) is 30.5 Å². The van der Waals surface area contributed by atoms with Gasteiger partial charge in [-0.15, -0.1) is 0 Å². The Bertz CT molecular complexity index is 878. The van der Waals surface area contributed by atoms with E-state index in [1.165, 1.54) is 27.8 Å². The van der Waals surface area contributed by atoms with Gasteiger partial charge < -0.3 is 0 Å². The molecule has 0 aliphatic carbocycles. The van der Waals surface area contributed by atoms with Gasteiger partial charge in [0.1, 0.15) is 0 Å². The van der Waals surface area contributed by atoms with Crippen LogP contribution >= 0.6 is 0 Å². The molecule has 0 aromatic heterocycles. The third-order valence-electron chi connectivity index (χ3n) is 5.77. The predicted octanol–water partition coefficient (Wildman–Crippen LogP) is 5.21. The van der Waals surface area contributed by atoms with Gasteiger partial charge >= 0.3 is 0 Å². The molecule has 2 nitrogen and oxygen atoms in total. The predicted molar refractivity (Wildman–Crippen MR) is 117 cm³/mol. The molecule has 0 N–H and O–H groups in total. The SMILES string of the molecule is Cc1ccc(C(c2ccccc2)N2CCN(Cc3cccc(C)c3)CC2)cc1. The van der Waals surface area contributed by atoms with Crippen LogP contribution in [0.25, 0.3) is 0 Å². The van der Waals surface area contributed by atoms with Crippen molar-refractivity contribution in [2.75, 3.05) is 26.2 Å². The third-order valence-corrected chi connectivity index (χ3v) is 5.77. The minimum atomic E-state index is 0.336. The van der Waals surface area contributed by atoms with E-state index in [-0.39, 0.29) is 0 Å². The van der Waals surface area contributed by atoms with Crippen molar-refractivity contribution in [3.63, 3.8) is 0 Å². The zero-order valence-corrected chi connectivity index (χ0v) is 17.0. The van der Waals surface area contributed by atoms with E-state index >= 15 is 0 Å². The Balaban J connectivity index is 1.48. The van der Waals surface area contributed by atoms with Gasteiger partial charge in [-0.25, -0.2) is 0 Å². The average Bonchev–Trinajstić information content (AvgIpc) is 2.72. The lowest BCUT2D eigenvalue weighted by Crippen LogP contribution is -2.47. The van der Waals surface area contributed by atoms with E-state index in [1.807, 2.05) is 0 Å². The van der Waals surface area contributed by atoms with Crippen LogP contribution in [0.15, 0.2) is 78.9 Å². The first-order valence-corrected chi connectivity index (χ1v) is 10.3. The van der Waals surface area contributed by atoms with Gasteiger partial charge in [0.2, 0.25) is 0 Å². The average molecular weight is 371 g/mol. The van der Waals surface area contributed by atoms with Gasteiger partial charge in [-0.3, -0.25) is 9.80 Å². The van der Waals surface area contributed by atoms with Crippen LogP contribution in [0.5, 0.6) is 0 Å². The number of hydrogen-bond donors (Lipinski definition) is 0. The van der Waals surface area contributed by atoms with Crippen LogP contribution < -0.4 is 0 Å². The topological polar surface area (TPSA) is 6.48 Å². The van der Waals surface area contributed by atoms with Crippen molar-refractivity contribution in [2.45, 2.75) is 26.4 Å². The first-order valence-electron chi connectivity index (χ1n) is 10.3. The van der Waals surface area contributed by atoms with Crippen LogP contribution in [0.2, 0.25) is 0 Å². The Morgan fingerprint density at radius 2 is 1.36 bits per heavy atom. The molecule has 0 saturated carbocycles. The molecule has 4 rings (SSSR count). The summed E-state index contributed by atoms with van der Waals surface area (Å²) in [5, 5.41) is 0. The highest BCUT2D eigenvalue weighted by Gasteiger charge is 2.26. The summed E-state index contributed by atoms with van der Waals surface area (Å²) >= 11 is 0. The van der Waals surface area contributed by atoms with Gasteiger partial charge in [-0.2, -0.15) is 0 Å². The second-order valence-corrected chi connectivity index (χ2v) is 8.03. The zero-order chi connectivity index (χ0) is 19.3. The van der Waals surface area contributed by atoms with Gasteiger partial charge in [0.25, 0.3) is 0 Å². The van der Waals surface area contributed by atoms with Crippen molar-refractivity contribution in [2.24, 2.45) is 0 Å². The second kappa shape index (κ2) is 8.72. The maximum atomic E-state index is 2.65. The number of hydrogen-bond acceptors (Lipinski definition) is 2. The number of rotatable bonds is 5. The number of aryl methyl sites for hydroxylation is 2. The molecule has 1 unspecified atom stereocenters. The standard InChI is InChI=1S/C26H30N2/c1-21-11-13-25(14-12-21)26(24-9-4-3-5-10-24)28-17-15-27(16-18-28)20-23-8-6-7-22(2)19-23/h3-14,19,26H,15-18,20H2,1-2H3. The molecule has 1 atom stereocenters. The summed E-state index contributed by atoms with van der Waals surface area (Å²) in [5.74, 6) is 0. The molecular formula is C26H30N2. The number of piperazine rings is 1. The van der Waals surface area contributed by atoms with Crippen LogP contribution in [0.3, 0.4) is 0 Å². The molecule has 0 spiro atoms. The fourth-order valence-electron chi connectivity index (χ4n) is 4.25. The molecule has 3 aromatic rings. The monoisotopic (exact) mass is 370 g/mol. The summed E-state index contributed by atoms with van der Waals surface area (Å²) in [6.45, 7) is 9.81. The zero-order valence-electron chi connectivity index (χ0n) is 17.0. The number of nitrogens with zero attached hydrogens (tertiary/aromatic N) is 2. The van der Waals surface area contributed by atoms with Crippen molar-refractivity contribution in [3.05, 3.63) is 107 Å². The second-order valence-electron chi connectivity index (χ2n) is 8.03. The molecule has 144 valence electrons. The molecule has 0 radical (unpaired) electrons. The summed E-state index contributed by atoms with van der Waals surface area (Å²) in [5.41, 5.74) is 6.87. The first-order chi connectivity index (χ1) is 13.7. The maximum absolute atomic E-state index is 2.65. The van der Waals surface area contributed by atoms with Crippen LogP contribution in [0, 0.1) is 13.8 Å². The molecule has 1 aliphatic heterocycles. The van der Waals surface area contributed by atoms with Crippen LogP contribution in [0.1, 0.15) is 33.9 Å². The lowest BCUT2D eigenvalue weighted by atomic mass is 9.95. The molecule has 1 heterocycles. The maximum Gasteiger partial charge on any atom is 0.0602 e. The highest BCUT2D eigenvalue weighted by molar-refractivity contribution is 5.33. The van der Waals surface area contributed by atoms with Crippen molar-refractivity contribution in [1.29, 1.82) is 0 Å². The molecule has 0 bridgehead atoms. The van der Waals surface area contributed by atoms with E-state index in [0.717, 1.165) is 32.7 Å². The van der Waals surface area contributed by atoms with E-state index in [1.54, 1.807) is 0 Å². The summed E-state index contributed by atoms with van der Waals surface area (Å²) < 4.78 is 0. The summed E-state index contributed by atoms with van der Waals surface area (Å²) in [4.78, 5) is 5.23. The largest absolute Gasteiger partial charge is 0.297 e. The van der Waals surface area contributed by atoms with Crippen LogP contribution in [-0.2, 0) is 6.54 Å². The van der Waals surface area contributed by atoms with E-state index < -0.39 is 0 Å². The highest BCUT2D eigenvalue weighted by Crippen LogP contribution is 2.30. The Labute approximate surface area is 169 Å². The van der Waals surface area contributed by atoms with Crippen LogP contribution in [0.4, 0.5) is 0 Å². The summed E-state index contributed by atoms with van der Waals surface area (Å²) in [7, 11) is 0. The Hall–Kier alpha value is -2.42. The van der Waals surface area contributed by atoms with Crippen molar-refractivity contribution >= 4 is 0 Å². The van der Waals surface area contributed by atoms with Crippen LogP contribution in [-0.4, -0.2) is 36.0 Å².